The number of nitrogens with zero attached hydrogens (tertiary/aromatic N) is 2. The van der Waals surface area contributed by atoms with E-state index in [9.17, 15) is 4.79 Å². The zero-order valence-electron chi connectivity index (χ0n) is 17.5. The van der Waals surface area contributed by atoms with Crippen LogP contribution in [0.5, 0.6) is 11.5 Å². The van der Waals surface area contributed by atoms with Gasteiger partial charge in [-0.1, -0.05) is 46.3 Å². The van der Waals surface area contributed by atoms with E-state index in [1.165, 1.54) is 0 Å². The molecular weight excluding hydrogens is 470 g/mol. The molecule has 0 spiro atoms. The van der Waals surface area contributed by atoms with Crippen molar-refractivity contribution in [2.45, 2.75) is 0 Å². The normalized spacial score (nSPS) is 11.0. The number of nitrogens with one attached hydrogen (secondary N) is 1. The van der Waals surface area contributed by atoms with Crippen molar-refractivity contribution < 1.29 is 14.3 Å². The van der Waals surface area contributed by atoms with Gasteiger partial charge in [-0.15, -0.1) is 0 Å². The van der Waals surface area contributed by atoms with E-state index in [1.54, 1.807) is 38.6 Å². The van der Waals surface area contributed by atoms with E-state index in [-0.39, 0.29) is 5.91 Å². The van der Waals surface area contributed by atoms with E-state index in [0.717, 1.165) is 26.5 Å². The Morgan fingerprint density at radius 1 is 0.969 bits per heavy atom. The Hall–Kier alpha value is -3.71. The summed E-state index contributed by atoms with van der Waals surface area (Å²) in [4.78, 5) is 17.7. The predicted octanol–water partition coefficient (Wildman–Crippen LogP) is 5.45. The first-order valence-corrected chi connectivity index (χ1v) is 10.6. The molecule has 0 radical (unpaired) electrons. The first-order chi connectivity index (χ1) is 15.6. The zero-order chi connectivity index (χ0) is 22.5. The van der Waals surface area contributed by atoms with Crippen LogP contribution in [0.1, 0.15) is 15.9 Å². The molecule has 7 heteroatoms. The van der Waals surface area contributed by atoms with Gasteiger partial charge in [0.15, 0.2) is 11.5 Å². The van der Waals surface area contributed by atoms with Crippen LogP contribution < -0.4 is 14.9 Å². The second-order valence-electron chi connectivity index (χ2n) is 6.89. The fourth-order valence-corrected chi connectivity index (χ4v) is 3.55. The number of hydrogen-bond donors (Lipinski definition) is 1. The number of para-hydroxylation sites is 1. The van der Waals surface area contributed by atoms with Crippen LogP contribution in [0, 0.1) is 0 Å². The maximum absolute atomic E-state index is 13.0. The maximum atomic E-state index is 13.0. The fourth-order valence-electron chi connectivity index (χ4n) is 3.29. The standard InChI is InChI=1S/C25H20BrN3O3/c1-31-23-12-7-16(13-24(23)32-2)15-27-29-25(30)20-14-22(17-8-10-18(26)11-9-17)28-21-6-4-3-5-19(20)21/h3-15H,1-2H3,(H,29,30). The number of amides is 1. The lowest BCUT2D eigenvalue weighted by Crippen LogP contribution is -2.18. The Labute approximate surface area is 194 Å². The molecule has 3 aromatic carbocycles. The quantitative estimate of drug-likeness (QED) is 0.289. The molecule has 32 heavy (non-hydrogen) atoms. The molecule has 1 aromatic heterocycles. The number of rotatable bonds is 6. The number of carbonyl (C=O) groups is 1. The topological polar surface area (TPSA) is 72.8 Å². The molecule has 4 rings (SSSR count). The van der Waals surface area contributed by atoms with Crippen molar-refractivity contribution in [3.63, 3.8) is 0 Å². The minimum atomic E-state index is -0.321. The largest absolute Gasteiger partial charge is 0.493 e. The van der Waals surface area contributed by atoms with Crippen LogP contribution in [0.25, 0.3) is 22.2 Å². The highest BCUT2D eigenvalue weighted by Gasteiger charge is 2.13. The van der Waals surface area contributed by atoms with Crippen LogP contribution in [0.2, 0.25) is 0 Å². The summed E-state index contributed by atoms with van der Waals surface area (Å²) in [6, 6.07) is 22.5. The van der Waals surface area contributed by atoms with Crippen molar-refractivity contribution in [1.82, 2.24) is 10.4 Å². The molecule has 1 N–H and O–H groups in total. The van der Waals surface area contributed by atoms with Crippen molar-refractivity contribution in [3.8, 4) is 22.8 Å². The van der Waals surface area contributed by atoms with E-state index >= 15 is 0 Å². The Balaban J connectivity index is 1.63. The number of pyridine rings is 1. The second-order valence-corrected chi connectivity index (χ2v) is 7.81. The smallest absolute Gasteiger partial charge is 0.272 e. The minimum Gasteiger partial charge on any atom is -0.493 e. The first kappa shape index (κ1) is 21.5. The number of halogens is 1. The van der Waals surface area contributed by atoms with Gasteiger partial charge in [0.25, 0.3) is 5.91 Å². The number of fused-ring (bicyclic) bond motifs is 1. The summed E-state index contributed by atoms with van der Waals surface area (Å²) in [6.45, 7) is 0. The minimum absolute atomic E-state index is 0.321. The maximum Gasteiger partial charge on any atom is 0.272 e. The van der Waals surface area contributed by atoms with Crippen LogP contribution in [-0.2, 0) is 0 Å². The van der Waals surface area contributed by atoms with Gasteiger partial charge >= 0.3 is 0 Å². The van der Waals surface area contributed by atoms with Gasteiger partial charge in [-0.05, 0) is 48.0 Å². The third-order valence-electron chi connectivity index (χ3n) is 4.89. The van der Waals surface area contributed by atoms with Gasteiger partial charge in [-0.3, -0.25) is 4.79 Å². The summed E-state index contributed by atoms with van der Waals surface area (Å²) >= 11 is 3.44. The summed E-state index contributed by atoms with van der Waals surface area (Å²) in [5, 5.41) is 4.88. The Morgan fingerprint density at radius 3 is 2.47 bits per heavy atom. The highest BCUT2D eigenvalue weighted by molar-refractivity contribution is 9.10. The van der Waals surface area contributed by atoms with Crippen LogP contribution in [0.15, 0.2) is 82.4 Å². The molecule has 0 saturated carbocycles. The van der Waals surface area contributed by atoms with Gasteiger partial charge < -0.3 is 9.47 Å². The van der Waals surface area contributed by atoms with Crippen molar-refractivity contribution in [1.29, 1.82) is 0 Å². The fraction of sp³-hybridized carbons (Fsp3) is 0.0800. The molecule has 160 valence electrons. The molecule has 0 unspecified atom stereocenters. The molecule has 6 nitrogen and oxygen atoms in total. The summed E-state index contributed by atoms with van der Waals surface area (Å²) in [5.74, 6) is 0.887. The van der Waals surface area contributed by atoms with E-state index in [0.29, 0.717) is 22.8 Å². The number of benzene rings is 3. The first-order valence-electron chi connectivity index (χ1n) is 9.80. The Kier molecular flexibility index (Phi) is 6.47. The van der Waals surface area contributed by atoms with Gasteiger partial charge in [0.1, 0.15) is 0 Å². The van der Waals surface area contributed by atoms with Crippen LogP contribution >= 0.6 is 15.9 Å². The molecule has 1 amide bonds. The number of ether oxygens (including phenoxy) is 2. The third-order valence-corrected chi connectivity index (χ3v) is 5.42. The predicted molar refractivity (Wildman–Crippen MR) is 129 cm³/mol. The molecule has 0 aliphatic carbocycles. The van der Waals surface area contributed by atoms with Crippen LogP contribution in [0.4, 0.5) is 0 Å². The third kappa shape index (κ3) is 4.63. The van der Waals surface area contributed by atoms with Crippen molar-refractivity contribution in [3.05, 3.63) is 88.4 Å². The average Bonchev–Trinajstić information content (AvgIpc) is 2.83. The number of aromatic nitrogens is 1. The number of carbonyl (C=O) groups excluding carboxylic acids is 1. The molecule has 0 bridgehead atoms. The van der Waals surface area contributed by atoms with E-state index in [1.807, 2.05) is 54.6 Å². The molecule has 0 aliphatic rings. The number of hydrogen-bond acceptors (Lipinski definition) is 5. The van der Waals surface area contributed by atoms with Gasteiger partial charge in [0.2, 0.25) is 0 Å². The molecule has 0 atom stereocenters. The lowest BCUT2D eigenvalue weighted by Gasteiger charge is -2.09. The van der Waals surface area contributed by atoms with Crippen molar-refractivity contribution in [2.24, 2.45) is 5.10 Å². The molecular formula is C25H20BrN3O3. The highest BCUT2D eigenvalue weighted by Crippen LogP contribution is 2.27. The summed E-state index contributed by atoms with van der Waals surface area (Å²) in [7, 11) is 3.14. The monoisotopic (exact) mass is 489 g/mol. The van der Waals surface area contributed by atoms with Gasteiger partial charge in [-0.25, -0.2) is 10.4 Å². The molecule has 0 saturated heterocycles. The highest BCUT2D eigenvalue weighted by atomic mass is 79.9. The van der Waals surface area contributed by atoms with E-state index < -0.39 is 0 Å². The SMILES string of the molecule is COc1ccc(C=NNC(=O)c2cc(-c3ccc(Br)cc3)nc3ccccc23)cc1OC. The molecule has 1 heterocycles. The summed E-state index contributed by atoms with van der Waals surface area (Å²) < 4.78 is 11.5. The Bertz CT molecular complexity index is 1300. The second kappa shape index (κ2) is 9.62. The Morgan fingerprint density at radius 2 is 1.72 bits per heavy atom. The van der Waals surface area contributed by atoms with Gasteiger partial charge in [-0.2, -0.15) is 5.10 Å². The summed E-state index contributed by atoms with van der Waals surface area (Å²) in [5.41, 5.74) is 6.25. The molecule has 0 aliphatic heterocycles. The van der Waals surface area contributed by atoms with Gasteiger partial charge in [0.05, 0.1) is 37.2 Å². The van der Waals surface area contributed by atoms with Crippen LogP contribution in [-0.4, -0.2) is 31.3 Å². The number of methoxy groups -OCH3 is 2. The molecule has 4 aromatic rings. The summed E-state index contributed by atoms with van der Waals surface area (Å²) in [6.07, 6.45) is 1.55. The van der Waals surface area contributed by atoms with Gasteiger partial charge in [0, 0.05) is 15.4 Å². The lowest BCUT2D eigenvalue weighted by molar-refractivity contribution is 0.0956. The van der Waals surface area contributed by atoms with Crippen molar-refractivity contribution in [2.75, 3.05) is 14.2 Å². The van der Waals surface area contributed by atoms with E-state index in [4.69, 9.17) is 14.5 Å². The number of hydrazone groups is 1. The molecule has 0 fully saturated rings. The van der Waals surface area contributed by atoms with Crippen LogP contribution in [0.3, 0.4) is 0 Å². The average molecular weight is 490 g/mol. The van der Waals surface area contributed by atoms with E-state index in [2.05, 4.69) is 26.5 Å². The lowest BCUT2D eigenvalue weighted by atomic mass is 10.0. The zero-order valence-corrected chi connectivity index (χ0v) is 19.1. The van der Waals surface area contributed by atoms with Crippen molar-refractivity contribution >= 4 is 39.0 Å².